The second-order valence-corrected chi connectivity index (χ2v) is 10.8. The summed E-state index contributed by atoms with van der Waals surface area (Å²) in [6.45, 7) is 3.09. The minimum Gasteiger partial charge on any atom is -0.377 e. The molecule has 2 saturated heterocycles. The first kappa shape index (κ1) is 21.4. The van der Waals surface area contributed by atoms with Gasteiger partial charge >= 0.3 is 0 Å². The number of sulfonamides is 1. The molecule has 3 atom stereocenters. The van der Waals surface area contributed by atoms with Gasteiger partial charge in [-0.25, -0.2) is 8.42 Å². The molecule has 4 nitrogen and oxygen atoms in total. The summed E-state index contributed by atoms with van der Waals surface area (Å²) in [4.78, 5) is 0.384. The Morgan fingerprint density at radius 2 is 1.44 bits per heavy atom. The minimum atomic E-state index is -3.53. The summed E-state index contributed by atoms with van der Waals surface area (Å²) in [5, 5.41) is 0. The molecule has 2 heterocycles. The number of hydrogen-bond acceptors (Lipinski definition) is 3. The van der Waals surface area contributed by atoms with Gasteiger partial charge in [-0.05, 0) is 43.0 Å². The van der Waals surface area contributed by atoms with Crippen molar-refractivity contribution in [3.05, 3.63) is 102 Å². The number of hydrogen-bond donors (Lipinski definition) is 0. The number of fused-ring (bicyclic) bond motifs is 1. The molecule has 0 bridgehead atoms. The molecule has 0 amide bonds. The van der Waals surface area contributed by atoms with Crippen LogP contribution in [0.25, 0.3) is 0 Å². The zero-order valence-corrected chi connectivity index (χ0v) is 19.1. The van der Waals surface area contributed by atoms with Gasteiger partial charge in [0.25, 0.3) is 0 Å². The van der Waals surface area contributed by atoms with Crippen molar-refractivity contribution < 1.29 is 13.2 Å². The lowest BCUT2D eigenvalue weighted by molar-refractivity contribution is -0.0472. The Kier molecular flexibility index (Phi) is 5.89. The zero-order chi connectivity index (χ0) is 22.1. The first-order valence-electron chi connectivity index (χ1n) is 11.4. The van der Waals surface area contributed by atoms with Crippen LogP contribution in [0.4, 0.5) is 0 Å². The van der Waals surface area contributed by atoms with Gasteiger partial charge in [0, 0.05) is 31.0 Å². The van der Waals surface area contributed by atoms with Crippen LogP contribution in [0.1, 0.15) is 35.4 Å². The van der Waals surface area contributed by atoms with E-state index in [9.17, 15) is 8.42 Å². The molecule has 2 fully saturated rings. The van der Waals surface area contributed by atoms with Crippen LogP contribution in [0, 0.1) is 12.8 Å². The Morgan fingerprint density at radius 1 is 0.844 bits per heavy atom. The Morgan fingerprint density at radius 3 is 2.03 bits per heavy atom. The Balaban J connectivity index is 1.49. The van der Waals surface area contributed by atoms with Crippen LogP contribution in [0.5, 0.6) is 0 Å². The third-order valence-electron chi connectivity index (χ3n) is 6.97. The third-order valence-corrected chi connectivity index (χ3v) is 8.91. The van der Waals surface area contributed by atoms with E-state index in [1.165, 1.54) is 11.1 Å². The number of ether oxygens (including phenoxy) is 1. The minimum absolute atomic E-state index is 0.0324. The second kappa shape index (κ2) is 8.81. The van der Waals surface area contributed by atoms with Gasteiger partial charge < -0.3 is 4.74 Å². The van der Waals surface area contributed by atoms with Crippen LogP contribution in [-0.4, -0.2) is 38.0 Å². The van der Waals surface area contributed by atoms with E-state index in [2.05, 4.69) is 48.5 Å². The molecule has 32 heavy (non-hydrogen) atoms. The topological polar surface area (TPSA) is 46.6 Å². The molecular weight excluding hydrogens is 418 g/mol. The molecule has 166 valence electrons. The summed E-state index contributed by atoms with van der Waals surface area (Å²) >= 11 is 0. The van der Waals surface area contributed by atoms with Gasteiger partial charge in [-0.15, -0.1) is 0 Å². The Bertz CT molecular complexity index is 1110. The average molecular weight is 448 g/mol. The van der Waals surface area contributed by atoms with Gasteiger partial charge in [-0.1, -0.05) is 78.4 Å². The molecule has 0 N–H and O–H groups in total. The molecule has 5 rings (SSSR count). The van der Waals surface area contributed by atoms with Crippen LogP contribution in [0.15, 0.2) is 89.8 Å². The fourth-order valence-electron chi connectivity index (χ4n) is 5.42. The van der Waals surface area contributed by atoms with E-state index in [0.717, 1.165) is 18.4 Å². The average Bonchev–Trinajstić information content (AvgIpc) is 3.27. The maximum absolute atomic E-state index is 13.5. The van der Waals surface area contributed by atoms with E-state index in [0.29, 0.717) is 18.0 Å². The Hall–Kier alpha value is -2.47. The normalized spacial score (nSPS) is 23.9. The summed E-state index contributed by atoms with van der Waals surface area (Å²) in [6.07, 6.45) is 1.50. The third kappa shape index (κ3) is 3.90. The van der Waals surface area contributed by atoms with Gasteiger partial charge in [0.15, 0.2) is 0 Å². The fraction of sp³-hybridized carbons (Fsp3) is 0.333. The van der Waals surface area contributed by atoms with Crippen molar-refractivity contribution >= 4 is 10.0 Å². The van der Waals surface area contributed by atoms with E-state index in [1.54, 1.807) is 16.4 Å². The zero-order valence-electron chi connectivity index (χ0n) is 18.3. The summed E-state index contributed by atoms with van der Waals surface area (Å²) in [5.74, 6) is 0.238. The molecular formula is C27H29NO3S. The predicted octanol–water partition coefficient (Wildman–Crippen LogP) is 5.00. The highest BCUT2D eigenvalue weighted by Gasteiger charge is 2.49. The van der Waals surface area contributed by atoms with Crippen LogP contribution in [-0.2, 0) is 14.8 Å². The predicted molar refractivity (Wildman–Crippen MR) is 126 cm³/mol. The molecule has 0 saturated carbocycles. The van der Waals surface area contributed by atoms with E-state index in [4.69, 9.17) is 4.74 Å². The van der Waals surface area contributed by atoms with Gasteiger partial charge in [-0.3, -0.25) is 0 Å². The van der Waals surface area contributed by atoms with Crippen molar-refractivity contribution in [2.75, 3.05) is 13.2 Å². The number of benzene rings is 3. The number of rotatable bonds is 5. The van der Waals surface area contributed by atoms with Crippen LogP contribution >= 0.6 is 0 Å². The monoisotopic (exact) mass is 447 g/mol. The van der Waals surface area contributed by atoms with Crippen molar-refractivity contribution in [2.45, 2.75) is 42.7 Å². The lowest BCUT2D eigenvalue weighted by atomic mass is 9.77. The smallest absolute Gasteiger partial charge is 0.243 e. The van der Waals surface area contributed by atoms with Crippen molar-refractivity contribution in [3.63, 3.8) is 0 Å². The van der Waals surface area contributed by atoms with E-state index >= 15 is 0 Å². The SMILES string of the molecule is Cc1ccc(S(=O)(=O)N2CC[C@H]3[C@H](C(c4ccccc4)c4ccccc4)OCC[C@@H]32)cc1. The summed E-state index contributed by atoms with van der Waals surface area (Å²) in [6, 6.07) is 28.1. The highest BCUT2D eigenvalue weighted by molar-refractivity contribution is 7.89. The quantitative estimate of drug-likeness (QED) is 0.553. The highest BCUT2D eigenvalue weighted by atomic mass is 32.2. The van der Waals surface area contributed by atoms with E-state index < -0.39 is 10.0 Å². The molecule has 3 aromatic carbocycles. The first-order valence-corrected chi connectivity index (χ1v) is 12.8. The molecule has 2 aliphatic heterocycles. The highest BCUT2D eigenvalue weighted by Crippen LogP contribution is 2.44. The standard InChI is InChI=1S/C27H29NO3S/c1-20-12-14-23(15-13-20)32(29,30)28-18-16-24-25(28)17-19-31-27(24)26(21-8-4-2-5-9-21)22-10-6-3-7-11-22/h2-15,24-27H,16-19H2,1H3/t24-,25+,27-/m1/s1. The van der Waals surface area contributed by atoms with Crippen LogP contribution < -0.4 is 0 Å². The largest absolute Gasteiger partial charge is 0.377 e. The molecule has 0 radical (unpaired) electrons. The van der Waals surface area contributed by atoms with Gasteiger partial charge in [0.2, 0.25) is 10.0 Å². The summed E-state index contributed by atoms with van der Waals surface area (Å²) in [7, 11) is -3.53. The van der Waals surface area contributed by atoms with Crippen molar-refractivity contribution in [3.8, 4) is 0 Å². The van der Waals surface area contributed by atoms with E-state index in [-0.39, 0.29) is 24.0 Å². The lowest BCUT2D eigenvalue weighted by Gasteiger charge is -2.40. The lowest BCUT2D eigenvalue weighted by Crippen LogP contribution is -2.47. The maximum Gasteiger partial charge on any atom is 0.243 e. The van der Waals surface area contributed by atoms with Gasteiger partial charge in [-0.2, -0.15) is 4.31 Å². The molecule has 0 aliphatic carbocycles. The maximum atomic E-state index is 13.5. The summed E-state index contributed by atoms with van der Waals surface area (Å²) in [5.41, 5.74) is 3.48. The fourth-order valence-corrected chi connectivity index (χ4v) is 7.13. The van der Waals surface area contributed by atoms with E-state index in [1.807, 2.05) is 31.2 Å². The Labute approximate surface area is 190 Å². The molecule has 5 heteroatoms. The first-order chi connectivity index (χ1) is 15.6. The summed E-state index contributed by atoms with van der Waals surface area (Å²) < 4.78 is 35.2. The van der Waals surface area contributed by atoms with Crippen LogP contribution in [0.2, 0.25) is 0 Å². The van der Waals surface area contributed by atoms with Crippen molar-refractivity contribution in [1.82, 2.24) is 4.31 Å². The van der Waals surface area contributed by atoms with Crippen molar-refractivity contribution in [1.29, 1.82) is 0 Å². The molecule has 3 aromatic rings. The molecule has 0 aromatic heterocycles. The second-order valence-electron chi connectivity index (χ2n) is 8.87. The molecule has 2 aliphatic rings. The van der Waals surface area contributed by atoms with Crippen molar-refractivity contribution in [2.24, 2.45) is 5.92 Å². The van der Waals surface area contributed by atoms with Crippen LogP contribution in [0.3, 0.4) is 0 Å². The van der Waals surface area contributed by atoms with Gasteiger partial charge in [0.1, 0.15) is 0 Å². The molecule has 0 unspecified atom stereocenters. The number of nitrogens with zero attached hydrogens (tertiary/aromatic N) is 1. The number of aryl methyl sites for hydroxylation is 1. The van der Waals surface area contributed by atoms with Gasteiger partial charge in [0.05, 0.1) is 11.0 Å². The molecule has 0 spiro atoms.